The molecule has 6 heteroatoms. The fourth-order valence-electron chi connectivity index (χ4n) is 2.13. The summed E-state index contributed by atoms with van der Waals surface area (Å²) >= 11 is 1.34. The number of ether oxygens (including phenoxy) is 1. The second kappa shape index (κ2) is 6.70. The molecule has 0 atom stereocenters. The van der Waals surface area contributed by atoms with Crippen molar-refractivity contribution >= 4 is 22.4 Å². The highest BCUT2D eigenvalue weighted by molar-refractivity contribution is 7.15. The van der Waals surface area contributed by atoms with Crippen molar-refractivity contribution in [3.63, 3.8) is 0 Å². The van der Waals surface area contributed by atoms with Crippen molar-refractivity contribution in [1.82, 2.24) is 14.6 Å². The molecule has 3 aromatic rings. The van der Waals surface area contributed by atoms with Crippen molar-refractivity contribution in [2.45, 2.75) is 26.2 Å². The van der Waals surface area contributed by atoms with Crippen LogP contribution in [0.5, 0.6) is 5.75 Å². The first-order valence-electron chi connectivity index (χ1n) is 7.35. The van der Waals surface area contributed by atoms with Gasteiger partial charge in [0, 0.05) is 0 Å². The molecule has 22 heavy (non-hydrogen) atoms. The number of benzene rings is 1. The molecule has 0 amide bonds. The average Bonchev–Trinajstić information content (AvgIpc) is 3.10. The van der Waals surface area contributed by atoms with E-state index in [9.17, 15) is 4.79 Å². The first-order chi connectivity index (χ1) is 10.8. The van der Waals surface area contributed by atoms with Crippen LogP contribution in [0, 0.1) is 0 Å². The molecule has 0 saturated heterocycles. The van der Waals surface area contributed by atoms with Crippen molar-refractivity contribution in [2.75, 3.05) is 6.61 Å². The second-order valence-corrected chi connectivity index (χ2v) is 6.00. The van der Waals surface area contributed by atoms with E-state index in [0.29, 0.717) is 9.49 Å². The Morgan fingerprint density at radius 3 is 2.82 bits per heavy atom. The fourth-order valence-corrected chi connectivity index (χ4v) is 3.01. The highest BCUT2D eigenvalue weighted by atomic mass is 32.1. The van der Waals surface area contributed by atoms with E-state index in [1.165, 1.54) is 35.0 Å². The molecule has 0 spiro atoms. The third kappa shape index (κ3) is 3.17. The van der Waals surface area contributed by atoms with Crippen LogP contribution < -0.4 is 14.8 Å². The lowest BCUT2D eigenvalue weighted by Gasteiger charge is -2.05. The molecular formula is C16H17N3O2S. The molecule has 2 heterocycles. The Kier molecular flexibility index (Phi) is 4.48. The van der Waals surface area contributed by atoms with Crippen LogP contribution in [0.4, 0.5) is 0 Å². The molecule has 2 aromatic heterocycles. The molecule has 3 rings (SSSR count). The lowest BCUT2D eigenvalue weighted by Crippen LogP contribution is -2.23. The minimum atomic E-state index is -0.127. The van der Waals surface area contributed by atoms with Gasteiger partial charge in [0.1, 0.15) is 12.1 Å². The summed E-state index contributed by atoms with van der Waals surface area (Å²) < 4.78 is 7.63. The van der Waals surface area contributed by atoms with E-state index >= 15 is 0 Å². The smallest absolute Gasteiger partial charge is 0.291 e. The molecule has 0 bridgehead atoms. The van der Waals surface area contributed by atoms with Gasteiger partial charge in [-0.3, -0.25) is 4.79 Å². The fraction of sp³-hybridized carbons (Fsp3) is 0.312. The maximum absolute atomic E-state index is 12.1. The van der Waals surface area contributed by atoms with Crippen molar-refractivity contribution in [3.05, 3.63) is 51.0 Å². The molecule has 114 valence electrons. The third-order valence-electron chi connectivity index (χ3n) is 3.32. The minimum Gasteiger partial charge on any atom is -0.494 e. The van der Waals surface area contributed by atoms with Crippen molar-refractivity contribution < 1.29 is 4.74 Å². The van der Waals surface area contributed by atoms with E-state index in [2.05, 4.69) is 17.0 Å². The van der Waals surface area contributed by atoms with Crippen LogP contribution in [-0.2, 0) is 0 Å². The highest BCUT2D eigenvalue weighted by Gasteiger charge is 2.04. The van der Waals surface area contributed by atoms with Crippen LogP contribution in [0.3, 0.4) is 0 Å². The van der Waals surface area contributed by atoms with Gasteiger partial charge >= 0.3 is 0 Å². The van der Waals surface area contributed by atoms with Gasteiger partial charge in [-0.2, -0.15) is 9.61 Å². The summed E-state index contributed by atoms with van der Waals surface area (Å²) in [6.45, 7) is 2.92. The number of hydrogen-bond donors (Lipinski definition) is 0. The molecule has 0 radical (unpaired) electrons. The zero-order chi connectivity index (χ0) is 15.4. The number of aromatic nitrogens is 3. The molecule has 0 fully saturated rings. The van der Waals surface area contributed by atoms with Gasteiger partial charge in [0.2, 0.25) is 4.96 Å². The quantitative estimate of drug-likeness (QED) is 0.655. The van der Waals surface area contributed by atoms with Gasteiger partial charge in [-0.05, 0) is 30.2 Å². The summed E-state index contributed by atoms with van der Waals surface area (Å²) in [5.41, 5.74) is 0.833. The third-order valence-corrected chi connectivity index (χ3v) is 4.29. The first kappa shape index (κ1) is 14.7. The Balaban J connectivity index is 1.75. The van der Waals surface area contributed by atoms with Gasteiger partial charge in [-0.25, -0.2) is 4.98 Å². The summed E-state index contributed by atoms with van der Waals surface area (Å²) in [6, 6.07) is 7.76. The molecule has 0 unspecified atom stereocenters. The van der Waals surface area contributed by atoms with Crippen LogP contribution in [0.15, 0.2) is 35.4 Å². The first-order valence-corrected chi connectivity index (χ1v) is 8.16. The average molecular weight is 315 g/mol. The number of hydrogen-bond acceptors (Lipinski definition) is 5. The van der Waals surface area contributed by atoms with Crippen molar-refractivity contribution in [3.8, 4) is 5.75 Å². The number of unbranched alkanes of at least 4 members (excludes halogenated alkanes) is 2. The van der Waals surface area contributed by atoms with Crippen LogP contribution in [-0.4, -0.2) is 21.2 Å². The maximum Gasteiger partial charge on any atom is 0.291 e. The molecule has 5 nitrogen and oxygen atoms in total. The number of rotatable bonds is 6. The Morgan fingerprint density at radius 1 is 1.27 bits per heavy atom. The topological polar surface area (TPSA) is 56.5 Å². The largest absolute Gasteiger partial charge is 0.494 e. The van der Waals surface area contributed by atoms with E-state index in [0.717, 1.165) is 24.3 Å². The monoisotopic (exact) mass is 315 g/mol. The van der Waals surface area contributed by atoms with Crippen LogP contribution in [0.1, 0.15) is 31.7 Å². The van der Waals surface area contributed by atoms with Gasteiger partial charge in [-0.1, -0.05) is 43.2 Å². The molecule has 0 aliphatic carbocycles. The molecule has 0 aliphatic heterocycles. The molecule has 0 saturated carbocycles. The normalized spacial score (nSPS) is 12.1. The summed E-state index contributed by atoms with van der Waals surface area (Å²) in [4.78, 5) is 16.7. The number of nitrogens with zero attached hydrogens (tertiary/aromatic N) is 3. The van der Waals surface area contributed by atoms with E-state index < -0.39 is 0 Å². The van der Waals surface area contributed by atoms with E-state index in [1.54, 1.807) is 0 Å². The summed E-state index contributed by atoms with van der Waals surface area (Å²) in [5.74, 6) is 0.859. The SMILES string of the molecule is CCCCCOc1ccc(C=c2sc3ncnn3c2=O)cc1. The Labute approximate surface area is 131 Å². The highest BCUT2D eigenvalue weighted by Crippen LogP contribution is 2.13. The van der Waals surface area contributed by atoms with Gasteiger partial charge in [0.15, 0.2) is 0 Å². The lowest BCUT2D eigenvalue weighted by molar-refractivity contribution is 0.306. The van der Waals surface area contributed by atoms with Gasteiger partial charge in [-0.15, -0.1) is 0 Å². The van der Waals surface area contributed by atoms with Gasteiger partial charge < -0.3 is 4.74 Å². The Morgan fingerprint density at radius 2 is 2.09 bits per heavy atom. The van der Waals surface area contributed by atoms with E-state index in [1.807, 2.05) is 30.3 Å². The molecule has 0 N–H and O–H groups in total. The van der Waals surface area contributed by atoms with Crippen molar-refractivity contribution in [1.29, 1.82) is 0 Å². The Hall–Kier alpha value is -2.21. The minimum absolute atomic E-state index is 0.127. The van der Waals surface area contributed by atoms with E-state index in [4.69, 9.17) is 4.74 Å². The zero-order valence-corrected chi connectivity index (χ0v) is 13.2. The summed E-state index contributed by atoms with van der Waals surface area (Å²) in [7, 11) is 0. The molecule has 1 aromatic carbocycles. The number of fused-ring (bicyclic) bond motifs is 1. The van der Waals surface area contributed by atoms with Crippen LogP contribution >= 0.6 is 11.3 Å². The lowest BCUT2D eigenvalue weighted by atomic mass is 10.2. The molecular weight excluding hydrogens is 298 g/mol. The maximum atomic E-state index is 12.1. The van der Waals surface area contributed by atoms with Crippen LogP contribution in [0.25, 0.3) is 11.0 Å². The standard InChI is InChI=1S/C16H17N3O2S/c1-2-3-4-9-21-13-7-5-12(6-8-13)10-14-15(20)19-16(22-14)17-11-18-19/h5-8,10-11H,2-4,9H2,1H3. The predicted molar refractivity (Wildman–Crippen MR) is 87.4 cm³/mol. The summed E-state index contributed by atoms with van der Waals surface area (Å²) in [5, 5.41) is 3.91. The van der Waals surface area contributed by atoms with E-state index in [-0.39, 0.29) is 5.56 Å². The zero-order valence-electron chi connectivity index (χ0n) is 12.4. The molecule has 0 aliphatic rings. The van der Waals surface area contributed by atoms with Gasteiger partial charge in [0.25, 0.3) is 5.56 Å². The van der Waals surface area contributed by atoms with Crippen LogP contribution in [0.2, 0.25) is 0 Å². The number of thiazole rings is 1. The van der Waals surface area contributed by atoms with Crippen molar-refractivity contribution in [2.24, 2.45) is 0 Å². The second-order valence-electron chi connectivity index (χ2n) is 4.99. The summed E-state index contributed by atoms with van der Waals surface area (Å²) in [6.07, 6.45) is 6.69. The Bertz CT molecular complexity index is 852. The predicted octanol–water partition coefficient (Wildman–Crippen LogP) is 2.27. The van der Waals surface area contributed by atoms with Gasteiger partial charge in [0.05, 0.1) is 11.1 Å².